The molecule has 0 aliphatic heterocycles. The minimum absolute atomic E-state index is 0.134. The van der Waals surface area contributed by atoms with E-state index in [-0.39, 0.29) is 19.0 Å². The predicted molar refractivity (Wildman–Crippen MR) is 28.7 cm³/mol. The zero-order valence-electron chi connectivity index (χ0n) is 4.21. The van der Waals surface area contributed by atoms with Crippen LogP contribution >= 0.6 is 11.6 Å². The lowest BCUT2D eigenvalue weighted by Gasteiger charge is -2.05. The van der Waals surface area contributed by atoms with Crippen LogP contribution in [0.3, 0.4) is 0 Å². The summed E-state index contributed by atoms with van der Waals surface area (Å²) >= 11 is 5.20. The fourth-order valence-electron chi connectivity index (χ4n) is 0.207. The Bertz CT molecular complexity index is 62.3. The van der Waals surface area contributed by atoms with Gasteiger partial charge in [0.05, 0.1) is 12.5 Å². The number of halogens is 1. The van der Waals surface area contributed by atoms with Gasteiger partial charge in [0.25, 0.3) is 6.47 Å². The van der Waals surface area contributed by atoms with E-state index in [2.05, 4.69) is 4.74 Å². The molecule has 1 unspecified atom stereocenters. The molecule has 0 aromatic rings. The van der Waals surface area contributed by atoms with Crippen LogP contribution in [0, 0.1) is 0 Å². The van der Waals surface area contributed by atoms with Crippen molar-refractivity contribution in [2.24, 2.45) is 0 Å². The molecule has 0 aromatic carbocycles. The predicted octanol–water partition coefficient (Wildman–Crippen LogP) is -0.241. The highest BCUT2D eigenvalue weighted by atomic mass is 35.5. The maximum Gasteiger partial charge on any atom is 0.293 e. The van der Waals surface area contributed by atoms with Crippen LogP contribution in [-0.2, 0) is 9.53 Å². The van der Waals surface area contributed by atoms with Gasteiger partial charge >= 0.3 is 0 Å². The first-order valence-electron chi connectivity index (χ1n) is 2.11. The maximum absolute atomic E-state index is 9.54. The Kier molecular flexibility index (Phi) is 4.70. The molecule has 1 N–H and O–H groups in total. The Balaban J connectivity index is 3.20. The Morgan fingerprint density at radius 2 is 2.50 bits per heavy atom. The Morgan fingerprint density at radius 1 is 1.88 bits per heavy atom. The number of alkyl halides is 1. The van der Waals surface area contributed by atoms with E-state index in [9.17, 15) is 4.79 Å². The lowest BCUT2D eigenvalue weighted by atomic mass is 10.4. The highest BCUT2D eigenvalue weighted by Gasteiger charge is 2.02. The molecule has 0 aromatic heterocycles. The smallest absolute Gasteiger partial charge is 0.293 e. The van der Waals surface area contributed by atoms with Gasteiger partial charge in [-0.3, -0.25) is 4.79 Å². The van der Waals surface area contributed by atoms with E-state index in [0.29, 0.717) is 0 Å². The average molecular weight is 139 g/mol. The molecular weight excluding hydrogens is 131 g/mol. The van der Waals surface area contributed by atoms with Gasteiger partial charge in [0, 0.05) is 0 Å². The second-order valence-corrected chi connectivity index (χ2v) is 1.50. The summed E-state index contributed by atoms with van der Waals surface area (Å²) in [4.78, 5) is 9.54. The second-order valence-electron chi connectivity index (χ2n) is 1.19. The number of hydrogen-bond acceptors (Lipinski definition) is 3. The van der Waals surface area contributed by atoms with E-state index < -0.39 is 6.10 Å². The summed E-state index contributed by atoms with van der Waals surface area (Å²) in [5.41, 5.74) is 0. The topological polar surface area (TPSA) is 46.5 Å². The van der Waals surface area contributed by atoms with Crippen LogP contribution < -0.4 is 0 Å². The van der Waals surface area contributed by atoms with Crippen molar-refractivity contribution in [1.82, 2.24) is 0 Å². The number of ether oxygens (including phenoxy) is 1. The number of carbonyl (C=O) groups is 1. The van der Waals surface area contributed by atoms with E-state index in [1.54, 1.807) is 0 Å². The molecule has 0 aliphatic rings. The first kappa shape index (κ1) is 7.72. The standard InChI is InChI=1S/C4H7ClO3/c5-1-4(2-6)8-3-7/h3-4,6H,1-2H2. The fraction of sp³-hybridized carbons (Fsp3) is 0.750. The first-order valence-corrected chi connectivity index (χ1v) is 2.64. The van der Waals surface area contributed by atoms with Gasteiger partial charge in [-0.05, 0) is 0 Å². The van der Waals surface area contributed by atoms with Gasteiger partial charge < -0.3 is 9.84 Å². The number of carbonyl (C=O) groups excluding carboxylic acids is 1. The third-order valence-electron chi connectivity index (χ3n) is 0.624. The lowest BCUT2D eigenvalue weighted by molar-refractivity contribution is -0.134. The zero-order valence-corrected chi connectivity index (χ0v) is 4.97. The van der Waals surface area contributed by atoms with Crippen molar-refractivity contribution in [3.8, 4) is 0 Å². The maximum atomic E-state index is 9.54. The van der Waals surface area contributed by atoms with Gasteiger partial charge in [-0.25, -0.2) is 0 Å². The first-order chi connectivity index (χ1) is 3.85. The van der Waals surface area contributed by atoms with Crippen molar-refractivity contribution in [3.63, 3.8) is 0 Å². The van der Waals surface area contributed by atoms with E-state index >= 15 is 0 Å². The third kappa shape index (κ3) is 2.82. The van der Waals surface area contributed by atoms with Gasteiger partial charge in [-0.2, -0.15) is 0 Å². The normalized spacial score (nSPS) is 12.8. The van der Waals surface area contributed by atoms with E-state index in [0.717, 1.165) is 0 Å². The largest absolute Gasteiger partial charge is 0.461 e. The molecule has 48 valence electrons. The summed E-state index contributed by atoms with van der Waals surface area (Å²) in [6.45, 7) is 0.0471. The molecule has 3 nitrogen and oxygen atoms in total. The van der Waals surface area contributed by atoms with Crippen LogP contribution in [0.2, 0.25) is 0 Å². The molecule has 0 aliphatic carbocycles. The molecule has 4 heteroatoms. The van der Waals surface area contributed by atoms with Gasteiger partial charge in [-0.15, -0.1) is 11.6 Å². The molecule has 0 saturated heterocycles. The number of rotatable bonds is 4. The fourth-order valence-corrected chi connectivity index (χ4v) is 0.377. The quantitative estimate of drug-likeness (QED) is 0.431. The summed E-state index contributed by atoms with van der Waals surface area (Å²) < 4.78 is 4.28. The lowest BCUT2D eigenvalue weighted by Crippen LogP contribution is -2.18. The van der Waals surface area contributed by atoms with Crippen LogP contribution in [-0.4, -0.2) is 30.2 Å². The average Bonchev–Trinajstić information content (AvgIpc) is 1.83. The summed E-state index contributed by atoms with van der Waals surface area (Å²) in [7, 11) is 0. The van der Waals surface area contributed by atoms with E-state index in [1.807, 2.05) is 0 Å². The Labute approximate surface area is 52.2 Å². The summed E-state index contributed by atoms with van der Waals surface area (Å²) in [6.07, 6.45) is -0.547. The number of aliphatic hydroxyl groups is 1. The molecule has 0 radical (unpaired) electrons. The number of aliphatic hydroxyl groups excluding tert-OH is 1. The van der Waals surface area contributed by atoms with Crippen LogP contribution in [0.5, 0.6) is 0 Å². The summed E-state index contributed by atoms with van der Waals surface area (Å²) in [5, 5.41) is 8.29. The van der Waals surface area contributed by atoms with Crippen molar-refractivity contribution >= 4 is 18.1 Å². The van der Waals surface area contributed by atoms with Crippen molar-refractivity contribution < 1.29 is 14.6 Å². The van der Waals surface area contributed by atoms with E-state index in [1.165, 1.54) is 0 Å². The zero-order chi connectivity index (χ0) is 6.41. The molecular formula is C4H7ClO3. The monoisotopic (exact) mass is 138 g/mol. The molecule has 1 atom stereocenters. The van der Waals surface area contributed by atoms with Crippen LogP contribution in [0.4, 0.5) is 0 Å². The summed E-state index contributed by atoms with van der Waals surface area (Å²) in [5.74, 6) is 0.134. The highest BCUT2D eigenvalue weighted by Crippen LogP contribution is 1.90. The molecule has 0 rings (SSSR count). The van der Waals surface area contributed by atoms with Crippen molar-refractivity contribution in [2.75, 3.05) is 12.5 Å². The third-order valence-corrected chi connectivity index (χ3v) is 0.968. The molecule has 0 spiro atoms. The number of hydrogen-bond donors (Lipinski definition) is 1. The van der Waals surface area contributed by atoms with Crippen LogP contribution in [0.15, 0.2) is 0 Å². The minimum Gasteiger partial charge on any atom is -0.461 e. The molecule has 0 fully saturated rings. The minimum atomic E-state index is -0.547. The Hall–Kier alpha value is -0.280. The highest BCUT2D eigenvalue weighted by molar-refractivity contribution is 6.18. The van der Waals surface area contributed by atoms with Gasteiger partial charge in [0.2, 0.25) is 0 Å². The molecule has 0 amide bonds. The van der Waals surface area contributed by atoms with Crippen LogP contribution in [0.1, 0.15) is 0 Å². The SMILES string of the molecule is O=COC(CO)CCl. The van der Waals surface area contributed by atoms with E-state index in [4.69, 9.17) is 16.7 Å². The summed E-state index contributed by atoms with van der Waals surface area (Å²) in [6, 6.07) is 0. The second kappa shape index (κ2) is 4.87. The Morgan fingerprint density at radius 3 is 2.62 bits per heavy atom. The molecule has 0 heterocycles. The molecule has 0 bridgehead atoms. The van der Waals surface area contributed by atoms with Crippen LogP contribution in [0.25, 0.3) is 0 Å². The van der Waals surface area contributed by atoms with Crippen molar-refractivity contribution in [3.05, 3.63) is 0 Å². The van der Waals surface area contributed by atoms with Crippen molar-refractivity contribution in [1.29, 1.82) is 0 Å². The van der Waals surface area contributed by atoms with Gasteiger partial charge in [0.15, 0.2) is 0 Å². The molecule has 0 saturated carbocycles. The van der Waals surface area contributed by atoms with Gasteiger partial charge in [-0.1, -0.05) is 0 Å². The molecule has 8 heavy (non-hydrogen) atoms. The van der Waals surface area contributed by atoms with Gasteiger partial charge in [0.1, 0.15) is 6.10 Å². The van der Waals surface area contributed by atoms with Crippen molar-refractivity contribution in [2.45, 2.75) is 6.10 Å².